The molecule has 7 rings (SSSR count). The van der Waals surface area contributed by atoms with Gasteiger partial charge in [0.2, 0.25) is 5.13 Å². The number of amides is 1. The first kappa shape index (κ1) is 30.8. The van der Waals surface area contributed by atoms with Gasteiger partial charge in [-0.3, -0.25) is 14.5 Å². The molecular weight excluding hydrogens is 658 g/mol. The fourth-order valence-corrected chi connectivity index (χ4v) is 7.24. The van der Waals surface area contributed by atoms with Gasteiger partial charge in [-0.25, -0.2) is 0 Å². The van der Waals surface area contributed by atoms with E-state index in [1.807, 2.05) is 54.6 Å². The molecule has 1 saturated heterocycles. The number of rotatable bonds is 9. The number of ketones is 1. The van der Waals surface area contributed by atoms with E-state index in [-0.39, 0.29) is 16.5 Å². The van der Waals surface area contributed by atoms with Crippen LogP contribution in [-0.4, -0.2) is 40.2 Å². The van der Waals surface area contributed by atoms with E-state index in [1.54, 1.807) is 42.5 Å². The fourth-order valence-electron chi connectivity index (χ4n) is 5.29. The highest BCUT2D eigenvalue weighted by molar-refractivity contribution is 8.00. The Balaban J connectivity index is 1.25. The van der Waals surface area contributed by atoms with Gasteiger partial charge in [0.25, 0.3) is 5.78 Å². The van der Waals surface area contributed by atoms with Crippen LogP contribution < -0.4 is 19.1 Å². The molecule has 0 radical (unpaired) electrons. The van der Waals surface area contributed by atoms with E-state index in [1.165, 1.54) is 28.0 Å². The molecule has 1 N–H and O–H groups in total. The van der Waals surface area contributed by atoms with Crippen molar-refractivity contribution in [3.05, 3.63) is 130 Å². The Kier molecular flexibility index (Phi) is 8.84. The standard InChI is InChI=1S/C35H26ClN3O6S2/c36-25-12-9-22(10-13-25)20-46-35-38-37-34(47-35)39-30(23-7-4-8-26(17-23)45-19-21-5-2-1-3-6-21)29(32(41)33(39)42)31(40)24-11-14-27-28(18-24)44-16-15-43-27/h1-14,17-18,30,40H,15-16,19-20H2/b31-29+/t30-/m1/s1. The van der Waals surface area contributed by atoms with Crippen LogP contribution in [0.5, 0.6) is 17.2 Å². The van der Waals surface area contributed by atoms with Crippen LogP contribution in [0.1, 0.15) is 28.3 Å². The number of aromatic nitrogens is 2. The van der Waals surface area contributed by atoms with Gasteiger partial charge in [-0.15, -0.1) is 10.2 Å². The number of aliphatic hydroxyl groups is 1. The van der Waals surface area contributed by atoms with Gasteiger partial charge in [0.1, 0.15) is 31.3 Å². The van der Waals surface area contributed by atoms with Crippen molar-refractivity contribution in [1.29, 1.82) is 0 Å². The molecule has 47 heavy (non-hydrogen) atoms. The van der Waals surface area contributed by atoms with Gasteiger partial charge in [-0.05, 0) is 59.2 Å². The first-order valence-corrected chi connectivity index (χ1v) is 16.8. The molecular formula is C35H26ClN3O6S2. The third kappa shape index (κ3) is 6.55. The Hall–Kier alpha value is -4.84. The van der Waals surface area contributed by atoms with Crippen molar-refractivity contribution in [3.8, 4) is 17.2 Å². The highest BCUT2D eigenvalue weighted by Crippen LogP contribution is 2.45. The molecule has 236 valence electrons. The van der Waals surface area contributed by atoms with Gasteiger partial charge in [0, 0.05) is 16.3 Å². The molecule has 1 fully saturated rings. The molecule has 2 aliphatic rings. The molecule has 0 saturated carbocycles. The second-order valence-corrected chi connectivity index (χ2v) is 13.3. The van der Waals surface area contributed by atoms with E-state index >= 15 is 0 Å². The number of halogens is 1. The summed E-state index contributed by atoms with van der Waals surface area (Å²) in [6.07, 6.45) is 0. The van der Waals surface area contributed by atoms with Crippen LogP contribution in [0.15, 0.2) is 107 Å². The van der Waals surface area contributed by atoms with Gasteiger partial charge in [-0.1, -0.05) is 89.3 Å². The molecule has 4 aromatic carbocycles. The first-order valence-electron chi connectivity index (χ1n) is 14.6. The summed E-state index contributed by atoms with van der Waals surface area (Å²) in [7, 11) is 0. The van der Waals surface area contributed by atoms with Crippen LogP contribution in [0.2, 0.25) is 5.02 Å². The molecule has 9 nitrogen and oxygen atoms in total. The van der Waals surface area contributed by atoms with Crippen LogP contribution in [0, 0.1) is 0 Å². The number of carbonyl (C=O) groups excluding carboxylic acids is 2. The number of benzene rings is 4. The van der Waals surface area contributed by atoms with Crippen molar-refractivity contribution < 1.29 is 28.9 Å². The Morgan fingerprint density at radius 2 is 1.70 bits per heavy atom. The van der Waals surface area contributed by atoms with Crippen molar-refractivity contribution in [2.75, 3.05) is 18.1 Å². The van der Waals surface area contributed by atoms with E-state index in [0.717, 1.165) is 11.1 Å². The Labute approximate surface area is 283 Å². The normalized spacial score (nSPS) is 16.8. The van der Waals surface area contributed by atoms with Crippen LogP contribution in [0.4, 0.5) is 5.13 Å². The maximum atomic E-state index is 13.8. The molecule has 5 aromatic rings. The SMILES string of the molecule is O=C1C(=O)N(c2nnc(SCc3ccc(Cl)cc3)s2)[C@H](c2cccc(OCc3ccccc3)c2)/C1=C(\O)c1ccc2c(c1)OCCO2. The van der Waals surface area contributed by atoms with Crippen molar-refractivity contribution >= 4 is 57.3 Å². The number of fused-ring (bicyclic) bond motifs is 1. The average molecular weight is 684 g/mol. The van der Waals surface area contributed by atoms with E-state index < -0.39 is 17.7 Å². The minimum atomic E-state index is -1.01. The third-order valence-corrected chi connectivity index (χ3v) is 9.94. The first-order chi connectivity index (χ1) is 22.9. The molecule has 1 amide bonds. The smallest absolute Gasteiger partial charge is 0.301 e. The summed E-state index contributed by atoms with van der Waals surface area (Å²) in [4.78, 5) is 28.8. The molecule has 0 spiro atoms. The highest BCUT2D eigenvalue weighted by Gasteiger charge is 2.48. The minimum absolute atomic E-state index is 0.0857. The molecule has 0 aliphatic carbocycles. The number of Topliss-reactive ketones (excluding diaryl/α,β-unsaturated/α-hetero) is 1. The predicted molar refractivity (Wildman–Crippen MR) is 180 cm³/mol. The lowest BCUT2D eigenvalue weighted by Gasteiger charge is -2.23. The largest absolute Gasteiger partial charge is 0.507 e. The maximum Gasteiger partial charge on any atom is 0.301 e. The fraction of sp³-hybridized carbons (Fsp3) is 0.143. The second kappa shape index (κ2) is 13.5. The molecule has 2 aliphatic heterocycles. The zero-order valence-electron chi connectivity index (χ0n) is 24.7. The second-order valence-electron chi connectivity index (χ2n) is 10.6. The number of thioether (sulfide) groups is 1. The number of hydrogen-bond acceptors (Lipinski definition) is 10. The average Bonchev–Trinajstić information content (AvgIpc) is 3.68. The van der Waals surface area contributed by atoms with E-state index in [4.69, 9.17) is 25.8 Å². The monoisotopic (exact) mass is 683 g/mol. The van der Waals surface area contributed by atoms with E-state index in [2.05, 4.69) is 10.2 Å². The molecule has 1 aromatic heterocycles. The summed E-state index contributed by atoms with van der Waals surface area (Å²) in [6.45, 7) is 1.09. The number of anilines is 1. The molecule has 3 heterocycles. The Morgan fingerprint density at radius 3 is 2.51 bits per heavy atom. The van der Waals surface area contributed by atoms with Crippen molar-refractivity contribution in [2.45, 2.75) is 22.7 Å². The van der Waals surface area contributed by atoms with Crippen molar-refractivity contribution in [1.82, 2.24) is 10.2 Å². The summed E-state index contributed by atoms with van der Waals surface area (Å²) < 4.78 is 18.0. The molecule has 0 unspecified atom stereocenters. The third-order valence-electron chi connectivity index (χ3n) is 7.56. The van der Waals surface area contributed by atoms with Crippen LogP contribution >= 0.6 is 34.7 Å². The van der Waals surface area contributed by atoms with Gasteiger partial charge in [0.05, 0.1) is 11.6 Å². The summed E-state index contributed by atoms with van der Waals surface area (Å²) >= 11 is 8.67. The topological polar surface area (TPSA) is 111 Å². The number of carbonyl (C=O) groups is 2. The Morgan fingerprint density at radius 1 is 0.915 bits per heavy atom. The molecule has 12 heteroatoms. The number of hydrogen-bond donors (Lipinski definition) is 1. The zero-order valence-corrected chi connectivity index (χ0v) is 27.1. The number of aliphatic hydroxyl groups excluding tert-OH is 1. The van der Waals surface area contributed by atoms with Gasteiger partial charge in [0.15, 0.2) is 15.8 Å². The van der Waals surface area contributed by atoms with Crippen molar-refractivity contribution in [2.24, 2.45) is 0 Å². The lowest BCUT2D eigenvalue weighted by atomic mass is 9.95. The van der Waals surface area contributed by atoms with Gasteiger partial charge < -0.3 is 19.3 Å². The summed E-state index contributed by atoms with van der Waals surface area (Å²) in [5.74, 6) is 0.106. The maximum absolute atomic E-state index is 13.8. The van der Waals surface area contributed by atoms with Crippen LogP contribution in [-0.2, 0) is 21.9 Å². The lowest BCUT2D eigenvalue weighted by Crippen LogP contribution is -2.29. The zero-order chi connectivity index (χ0) is 32.3. The van der Waals surface area contributed by atoms with Gasteiger partial charge >= 0.3 is 5.91 Å². The minimum Gasteiger partial charge on any atom is -0.507 e. The summed E-state index contributed by atoms with van der Waals surface area (Å²) in [6, 6.07) is 28.3. The van der Waals surface area contributed by atoms with E-state index in [0.29, 0.717) is 63.3 Å². The van der Waals surface area contributed by atoms with Crippen LogP contribution in [0.3, 0.4) is 0 Å². The Bertz CT molecular complexity index is 1980. The molecule has 0 bridgehead atoms. The quantitative estimate of drug-likeness (QED) is 0.0556. The predicted octanol–water partition coefficient (Wildman–Crippen LogP) is 7.46. The lowest BCUT2D eigenvalue weighted by molar-refractivity contribution is -0.132. The number of ether oxygens (including phenoxy) is 3. The summed E-state index contributed by atoms with van der Waals surface area (Å²) in [5, 5.41) is 21.2. The van der Waals surface area contributed by atoms with Gasteiger partial charge in [-0.2, -0.15) is 0 Å². The number of nitrogens with zero attached hydrogens (tertiary/aromatic N) is 3. The highest BCUT2D eigenvalue weighted by atomic mass is 35.5. The van der Waals surface area contributed by atoms with Crippen LogP contribution in [0.25, 0.3) is 5.76 Å². The van der Waals surface area contributed by atoms with Crippen molar-refractivity contribution in [3.63, 3.8) is 0 Å². The van der Waals surface area contributed by atoms with E-state index in [9.17, 15) is 14.7 Å². The summed E-state index contributed by atoms with van der Waals surface area (Å²) in [5.41, 5.74) is 2.81. The molecule has 1 atom stereocenters.